The number of aliphatic carboxylic acids is 1. The fourth-order valence-electron chi connectivity index (χ4n) is 4.62. The van der Waals surface area contributed by atoms with Crippen LogP contribution in [0, 0.1) is 12.3 Å². The van der Waals surface area contributed by atoms with Crippen LogP contribution in [-0.2, 0) is 11.2 Å². The quantitative estimate of drug-likeness (QED) is 0.283. The SMILES string of the molecule is CC(C)(C)O.Cc1ncc(-c2ccc(N(C)CCOc3ccc(Cl)cc3)nc2)c(N2CCC(C)(C)CC2)c1CC(=O)O. The molecular formula is C33H45ClN4O4. The van der Waals surface area contributed by atoms with Gasteiger partial charge < -0.3 is 24.7 Å². The first-order chi connectivity index (χ1) is 19.6. The standard InChI is InChI=1S/C29H35ClN4O3.C4H10O/c1-20-24(17-27(35)36)28(34-13-11-29(2,3)12-14-34)25(19-31-20)21-5-10-26(32-18-21)33(4)15-16-37-23-8-6-22(30)7-9-23;1-4(2,3)5/h5-10,18-19H,11-17H2,1-4H3,(H,35,36);5H,1-3H3. The number of benzene rings is 1. The van der Waals surface area contributed by atoms with Crippen LogP contribution < -0.4 is 14.5 Å². The average Bonchev–Trinajstić information content (AvgIpc) is 2.90. The maximum absolute atomic E-state index is 11.7. The third-order valence-corrected chi connectivity index (χ3v) is 7.34. The molecule has 4 rings (SSSR count). The van der Waals surface area contributed by atoms with E-state index in [0.717, 1.165) is 65.6 Å². The fraction of sp³-hybridized carbons (Fsp3) is 0.485. The van der Waals surface area contributed by atoms with Crippen LogP contribution in [0.4, 0.5) is 11.5 Å². The molecule has 0 bridgehead atoms. The molecule has 1 aliphatic rings. The van der Waals surface area contributed by atoms with Crippen LogP contribution in [0.2, 0.25) is 5.02 Å². The monoisotopic (exact) mass is 596 g/mol. The van der Waals surface area contributed by atoms with E-state index in [1.165, 1.54) is 0 Å². The molecule has 9 heteroatoms. The van der Waals surface area contributed by atoms with Crippen molar-refractivity contribution in [1.29, 1.82) is 0 Å². The Bertz CT molecular complexity index is 1310. The van der Waals surface area contributed by atoms with E-state index in [9.17, 15) is 9.90 Å². The molecule has 3 aromatic rings. The summed E-state index contributed by atoms with van der Waals surface area (Å²) in [5.41, 5.74) is 4.16. The van der Waals surface area contributed by atoms with E-state index < -0.39 is 11.6 Å². The van der Waals surface area contributed by atoms with Gasteiger partial charge in [0.25, 0.3) is 0 Å². The predicted octanol–water partition coefficient (Wildman–Crippen LogP) is 6.65. The number of hydrogen-bond donors (Lipinski definition) is 2. The summed E-state index contributed by atoms with van der Waals surface area (Å²) < 4.78 is 5.81. The van der Waals surface area contributed by atoms with Gasteiger partial charge in [0.2, 0.25) is 0 Å². The molecule has 0 aliphatic carbocycles. The van der Waals surface area contributed by atoms with Gasteiger partial charge in [0, 0.05) is 59.9 Å². The van der Waals surface area contributed by atoms with Crippen molar-refractivity contribution in [1.82, 2.24) is 9.97 Å². The maximum Gasteiger partial charge on any atom is 0.307 e. The van der Waals surface area contributed by atoms with E-state index in [4.69, 9.17) is 26.4 Å². The van der Waals surface area contributed by atoms with Gasteiger partial charge in [-0.25, -0.2) is 4.98 Å². The van der Waals surface area contributed by atoms with E-state index in [1.54, 1.807) is 20.8 Å². The van der Waals surface area contributed by atoms with Gasteiger partial charge in [0.15, 0.2) is 0 Å². The molecule has 0 saturated carbocycles. The number of carbonyl (C=O) groups is 1. The van der Waals surface area contributed by atoms with E-state index in [2.05, 4.69) is 23.7 Å². The Labute approximate surface area is 255 Å². The van der Waals surface area contributed by atoms with Crippen LogP contribution >= 0.6 is 11.6 Å². The summed E-state index contributed by atoms with van der Waals surface area (Å²) in [5.74, 6) is 0.755. The topological polar surface area (TPSA) is 99.0 Å². The minimum atomic E-state index is -0.850. The van der Waals surface area contributed by atoms with Gasteiger partial charge in [-0.15, -0.1) is 0 Å². The zero-order valence-electron chi connectivity index (χ0n) is 25.9. The maximum atomic E-state index is 11.7. The largest absolute Gasteiger partial charge is 0.492 e. The molecule has 0 radical (unpaired) electrons. The number of aromatic nitrogens is 2. The van der Waals surface area contributed by atoms with Crippen molar-refractivity contribution in [3.8, 4) is 16.9 Å². The number of ether oxygens (including phenoxy) is 1. The smallest absolute Gasteiger partial charge is 0.307 e. The zero-order chi connectivity index (χ0) is 31.1. The molecule has 1 saturated heterocycles. The fourth-order valence-corrected chi connectivity index (χ4v) is 4.75. The first-order valence-electron chi connectivity index (χ1n) is 14.4. The number of likely N-dealkylation sites (N-methyl/N-ethyl adjacent to an activating group) is 1. The Morgan fingerprint density at radius 1 is 1.07 bits per heavy atom. The number of hydrogen-bond acceptors (Lipinski definition) is 7. The molecule has 2 N–H and O–H groups in total. The van der Waals surface area contributed by atoms with Crippen LogP contribution in [0.5, 0.6) is 5.75 Å². The number of anilines is 2. The molecule has 1 aliphatic heterocycles. The third kappa shape index (κ3) is 10.2. The van der Waals surface area contributed by atoms with Gasteiger partial charge in [-0.05, 0) is 82.3 Å². The Kier molecular flexibility index (Phi) is 11.2. The number of carboxylic acids is 1. The summed E-state index contributed by atoms with van der Waals surface area (Å²) in [7, 11) is 1.98. The molecule has 228 valence electrons. The number of aliphatic hydroxyl groups is 1. The highest BCUT2D eigenvalue weighted by Gasteiger charge is 2.29. The van der Waals surface area contributed by atoms with Crippen LogP contribution in [0.1, 0.15) is 58.7 Å². The Hall–Kier alpha value is -3.36. The second-order valence-electron chi connectivity index (χ2n) is 12.6. The molecule has 0 unspecified atom stereocenters. The Morgan fingerprint density at radius 2 is 1.69 bits per heavy atom. The number of rotatable bonds is 9. The van der Waals surface area contributed by atoms with Crippen molar-refractivity contribution in [2.75, 3.05) is 43.1 Å². The summed E-state index contributed by atoms with van der Waals surface area (Å²) in [4.78, 5) is 25.4. The van der Waals surface area contributed by atoms with Gasteiger partial charge in [-0.3, -0.25) is 9.78 Å². The van der Waals surface area contributed by atoms with Crippen LogP contribution in [0.3, 0.4) is 0 Å². The Balaban J connectivity index is 0.000000892. The Morgan fingerprint density at radius 3 is 2.24 bits per heavy atom. The molecular weight excluding hydrogens is 552 g/mol. The lowest BCUT2D eigenvalue weighted by molar-refractivity contribution is -0.136. The van der Waals surface area contributed by atoms with Crippen LogP contribution in [0.15, 0.2) is 48.8 Å². The highest BCUT2D eigenvalue weighted by Crippen LogP contribution is 2.39. The van der Waals surface area contributed by atoms with Crippen LogP contribution in [-0.4, -0.2) is 65.0 Å². The molecule has 3 heterocycles. The number of nitrogens with zero attached hydrogens (tertiary/aromatic N) is 4. The highest BCUT2D eigenvalue weighted by atomic mass is 35.5. The molecule has 0 amide bonds. The van der Waals surface area contributed by atoms with E-state index in [1.807, 2.05) is 67.7 Å². The first-order valence-corrected chi connectivity index (χ1v) is 14.7. The molecule has 1 aromatic carbocycles. The second kappa shape index (κ2) is 14.2. The second-order valence-corrected chi connectivity index (χ2v) is 13.0. The molecule has 0 atom stereocenters. The molecule has 8 nitrogen and oxygen atoms in total. The third-order valence-electron chi connectivity index (χ3n) is 7.09. The number of carboxylic acid groups (broad SMARTS) is 1. The summed E-state index contributed by atoms with van der Waals surface area (Å²) in [6.45, 7) is 14.7. The average molecular weight is 597 g/mol. The van der Waals surface area contributed by atoms with E-state index in [-0.39, 0.29) is 11.8 Å². The van der Waals surface area contributed by atoms with Crippen molar-refractivity contribution in [2.24, 2.45) is 5.41 Å². The minimum Gasteiger partial charge on any atom is -0.492 e. The lowest BCUT2D eigenvalue weighted by Gasteiger charge is -2.40. The van der Waals surface area contributed by atoms with E-state index in [0.29, 0.717) is 18.2 Å². The number of piperidine rings is 1. The van der Waals surface area contributed by atoms with Crippen molar-refractivity contribution in [2.45, 2.75) is 66.4 Å². The van der Waals surface area contributed by atoms with Crippen molar-refractivity contribution < 1.29 is 19.7 Å². The lowest BCUT2D eigenvalue weighted by Crippen LogP contribution is -2.38. The van der Waals surface area contributed by atoms with Crippen molar-refractivity contribution in [3.63, 3.8) is 0 Å². The lowest BCUT2D eigenvalue weighted by atomic mass is 9.82. The van der Waals surface area contributed by atoms with E-state index >= 15 is 0 Å². The van der Waals surface area contributed by atoms with Crippen LogP contribution in [0.25, 0.3) is 11.1 Å². The molecule has 42 heavy (non-hydrogen) atoms. The normalized spacial score (nSPS) is 14.5. The van der Waals surface area contributed by atoms with Crippen molar-refractivity contribution in [3.05, 3.63) is 65.1 Å². The van der Waals surface area contributed by atoms with Gasteiger partial charge in [0.05, 0.1) is 24.3 Å². The summed E-state index contributed by atoms with van der Waals surface area (Å²) >= 11 is 5.93. The zero-order valence-corrected chi connectivity index (χ0v) is 26.7. The number of aryl methyl sites for hydroxylation is 1. The summed E-state index contributed by atoms with van der Waals surface area (Å²) in [6.07, 6.45) is 5.76. The van der Waals surface area contributed by atoms with Gasteiger partial charge in [0.1, 0.15) is 18.2 Å². The minimum absolute atomic E-state index is 0.0518. The highest BCUT2D eigenvalue weighted by molar-refractivity contribution is 6.30. The molecule has 1 fully saturated rings. The van der Waals surface area contributed by atoms with Crippen molar-refractivity contribution >= 4 is 29.1 Å². The first kappa shape index (κ1) is 33.1. The summed E-state index contributed by atoms with van der Waals surface area (Å²) in [5, 5.41) is 18.8. The van der Waals surface area contributed by atoms with Gasteiger partial charge >= 0.3 is 5.97 Å². The van der Waals surface area contributed by atoms with Gasteiger partial charge in [-0.2, -0.15) is 0 Å². The number of halogens is 1. The predicted molar refractivity (Wildman–Crippen MR) is 171 cm³/mol. The molecule has 0 spiro atoms. The molecule has 2 aromatic heterocycles. The van der Waals surface area contributed by atoms with Gasteiger partial charge in [-0.1, -0.05) is 25.4 Å². The number of pyridine rings is 2. The summed E-state index contributed by atoms with van der Waals surface area (Å²) in [6, 6.07) is 11.3.